The Bertz CT molecular complexity index is 1510. The Hall–Kier alpha value is -4.70. The van der Waals surface area contributed by atoms with E-state index in [1.807, 2.05) is 42.5 Å². The van der Waals surface area contributed by atoms with Crippen LogP contribution in [0.5, 0.6) is 5.75 Å². The fourth-order valence-corrected chi connectivity index (χ4v) is 3.57. The summed E-state index contributed by atoms with van der Waals surface area (Å²) in [7, 11) is 0. The van der Waals surface area contributed by atoms with Crippen molar-refractivity contribution in [2.75, 3.05) is 0 Å². The minimum atomic E-state index is -0.271. The molecule has 0 saturated heterocycles. The Morgan fingerprint density at radius 3 is 2.72 bits per heavy atom. The minimum Gasteiger partial charge on any atom is -0.486 e. The van der Waals surface area contributed by atoms with Crippen molar-refractivity contribution in [3.05, 3.63) is 107 Å². The number of para-hydroxylation sites is 1. The molecule has 5 aromatic rings. The Labute approximate surface area is 183 Å². The van der Waals surface area contributed by atoms with Gasteiger partial charge in [0.05, 0.1) is 28.2 Å². The normalized spacial score (nSPS) is 10.7. The first-order valence-corrected chi connectivity index (χ1v) is 9.96. The molecule has 0 aliphatic carbocycles. The summed E-state index contributed by atoms with van der Waals surface area (Å²) in [5.74, 6) is 0.458. The third-order valence-corrected chi connectivity index (χ3v) is 5.12. The number of nitrogens with one attached hydrogen (secondary N) is 1. The molecule has 0 saturated carbocycles. The van der Waals surface area contributed by atoms with Crippen molar-refractivity contribution >= 4 is 10.9 Å². The fraction of sp³-hybridized carbons (Fsp3) is 0.0400. The molecule has 2 aromatic carbocycles. The van der Waals surface area contributed by atoms with Gasteiger partial charge in [0.1, 0.15) is 18.4 Å². The summed E-state index contributed by atoms with van der Waals surface area (Å²) in [6.07, 6.45) is 4.87. The first-order chi connectivity index (χ1) is 15.7. The number of rotatable bonds is 5. The smallest absolute Gasteiger partial charge is 0.330 e. The zero-order valence-electron chi connectivity index (χ0n) is 16.9. The summed E-state index contributed by atoms with van der Waals surface area (Å²) in [6, 6.07) is 22.7. The van der Waals surface area contributed by atoms with Crippen LogP contribution in [0.4, 0.5) is 0 Å². The molecule has 0 bridgehead atoms. The first kappa shape index (κ1) is 19.3. The zero-order chi connectivity index (χ0) is 21.9. The molecule has 7 heteroatoms. The first-order valence-electron chi connectivity index (χ1n) is 9.96. The van der Waals surface area contributed by atoms with E-state index in [1.54, 1.807) is 42.9 Å². The molecule has 0 fully saturated rings. The highest BCUT2D eigenvalue weighted by Gasteiger charge is 2.13. The third kappa shape index (κ3) is 3.61. The van der Waals surface area contributed by atoms with Gasteiger partial charge in [-0.05, 0) is 42.5 Å². The summed E-state index contributed by atoms with van der Waals surface area (Å²) >= 11 is 0. The van der Waals surface area contributed by atoms with E-state index in [0.717, 1.165) is 16.6 Å². The predicted molar refractivity (Wildman–Crippen MR) is 120 cm³/mol. The van der Waals surface area contributed by atoms with Crippen molar-refractivity contribution in [1.29, 1.82) is 5.26 Å². The van der Waals surface area contributed by atoms with Crippen LogP contribution >= 0.6 is 0 Å². The van der Waals surface area contributed by atoms with E-state index in [-0.39, 0.29) is 12.3 Å². The molecule has 0 amide bonds. The molecule has 5 rings (SSSR count). The maximum atomic E-state index is 12.4. The second-order valence-electron chi connectivity index (χ2n) is 7.13. The Morgan fingerprint density at radius 1 is 1.03 bits per heavy atom. The van der Waals surface area contributed by atoms with Crippen molar-refractivity contribution in [1.82, 2.24) is 19.5 Å². The highest BCUT2D eigenvalue weighted by atomic mass is 16.5. The van der Waals surface area contributed by atoms with Crippen LogP contribution in [0.25, 0.3) is 27.8 Å². The SMILES string of the molecule is N#Cc1cc(-c2c[nH]c(=O)n2-c2ccncc2)ccc1OCc1ccc2ccccc2n1. The average molecular weight is 419 g/mol. The number of imidazole rings is 1. The summed E-state index contributed by atoms with van der Waals surface area (Å²) < 4.78 is 7.44. The van der Waals surface area contributed by atoms with Gasteiger partial charge in [0.25, 0.3) is 0 Å². The molecule has 3 heterocycles. The van der Waals surface area contributed by atoms with Crippen LogP contribution in [0.3, 0.4) is 0 Å². The molecule has 154 valence electrons. The number of nitrogens with zero attached hydrogens (tertiary/aromatic N) is 4. The number of pyridine rings is 2. The lowest BCUT2D eigenvalue weighted by Gasteiger charge is -2.11. The largest absolute Gasteiger partial charge is 0.486 e. The quantitative estimate of drug-likeness (QED) is 0.460. The summed E-state index contributed by atoms with van der Waals surface area (Å²) in [6.45, 7) is 0.241. The second kappa shape index (κ2) is 8.20. The second-order valence-corrected chi connectivity index (χ2v) is 7.13. The van der Waals surface area contributed by atoms with Gasteiger partial charge < -0.3 is 9.72 Å². The van der Waals surface area contributed by atoms with Gasteiger partial charge in [0.2, 0.25) is 0 Å². The van der Waals surface area contributed by atoms with Crippen LogP contribution in [0.2, 0.25) is 0 Å². The van der Waals surface area contributed by atoms with Crippen LogP contribution in [-0.4, -0.2) is 19.5 Å². The van der Waals surface area contributed by atoms with Crippen LogP contribution in [0.15, 0.2) is 90.1 Å². The van der Waals surface area contributed by atoms with E-state index in [2.05, 4.69) is 21.0 Å². The lowest BCUT2D eigenvalue weighted by atomic mass is 10.1. The van der Waals surface area contributed by atoms with Crippen LogP contribution in [0.1, 0.15) is 11.3 Å². The van der Waals surface area contributed by atoms with E-state index >= 15 is 0 Å². The van der Waals surface area contributed by atoms with Gasteiger partial charge >= 0.3 is 5.69 Å². The molecule has 0 spiro atoms. The number of benzene rings is 2. The van der Waals surface area contributed by atoms with Crippen LogP contribution < -0.4 is 10.4 Å². The van der Waals surface area contributed by atoms with Gasteiger partial charge in [-0.15, -0.1) is 0 Å². The van der Waals surface area contributed by atoms with Crippen LogP contribution in [-0.2, 0) is 6.61 Å². The molecule has 0 aliphatic heterocycles. The maximum absolute atomic E-state index is 12.4. The molecule has 7 nitrogen and oxygen atoms in total. The van der Waals surface area contributed by atoms with Gasteiger partial charge in [0, 0.05) is 29.5 Å². The van der Waals surface area contributed by atoms with Crippen molar-refractivity contribution in [3.63, 3.8) is 0 Å². The molecule has 0 radical (unpaired) electrons. The maximum Gasteiger partial charge on any atom is 0.330 e. The van der Waals surface area contributed by atoms with Gasteiger partial charge in [0.15, 0.2) is 0 Å². The molecular formula is C25H17N5O2. The predicted octanol–water partition coefficient (Wildman–Crippen LogP) is 4.23. The topological polar surface area (TPSA) is 96.6 Å². The summed E-state index contributed by atoms with van der Waals surface area (Å²) in [5, 5.41) is 10.7. The Balaban J connectivity index is 1.44. The van der Waals surface area contributed by atoms with E-state index in [0.29, 0.717) is 28.3 Å². The fourth-order valence-electron chi connectivity index (χ4n) is 3.57. The molecule has 0 atom stereocenters. The average Bonchev–Trinajstić information content (AvgIpc) is 3.24. The number of ether oxygens (including phenoxy) is 1. The lowest BCUT2D eigenvalue weighted by molar-refractivity contribution is 0.301. The molecule has 1 N–H and O–H groups in total. The van der Waals surface area contributed by atoms with Gasteiger partial charge in [-0.25, -0.2) is 9.78 Å². The number of fused-ring (bicyclic) bond motifs is 1. The summed E-state index contributed by atoms with van der Waals surface area (Å²) in [5.41, 5.74) is 3.81. The van der Waals surface area contributed by atoms with E-state index < -0.39 is 0 Å². The highest BCUT2D eigenvalue weighted by molar-refractivity contribution is 5.78. The molecule has 0 aliphatic rings. The van der Waals surface area contributed by atoms with Crippen molar-refractivity contribution < 1.29 is 4.74 Å². The van der Waals surface area contributed by atoms with Gasteiger partial charge in [-0.3, -0.25) is 9.55 Å². The number of nitriles is 1. The number of aromatic amines is 1. The van der Waals surface area contributed by atoms with Crippen molar-refractivity contribution in [2.45, 2.75) is 6.61 Å². The monoisotopic (exact) mass is 419 g/mol. The number of H-pyrrole nitrogens is 1. The summed E-state index contributed by atoms with van der Waals surface area (Å²) in [4.78, 5) is 23.7. The molecule has 3 aromatic heterocycles. The van der Waals surface area contributed by atoms with Crippen LogP contribution in [0, 0.1) is 11.3 Å². The van der Waals surface area contributed by atoms with Gasteiger partial charge in [-0.1, -0.05) is 24.3 Å². The van der Waals surface area contributed by atoms with E-state index in [4.69, 9.17) is 4.74 Å². The lowest BCUT2D eigenvalue weighted by Crippen LogP contribution is -2.15. The standard InChI is InChI=1S/C25H17N5O2/c26-14-19-13-18(23-15-28-25(31)30(23)21-9-11-27-12-10-21)6-8-24(19)32-16-20-7-5-17-3-1-2-4-22(17)29-20/h1-13,15H,16H2,(H,28,31). The number of aromatic nitrogens is 4. The Kier molecular flexibility index (Phi) is 4.94. The third-order valence-electron chi connectivity index (χ3n) is 5.12. The highest BCUT2D eigenvalue weighted by Crippen LogP contribution is 2.27. The van der Waals surface area contributed by atoms with Crippen molar-refractivity contribution in [3.8, 4) is 28.8 Å². The number of hydrogen-bond donors (Lipinski definition) is 1. The number of hydrogen-bond acceptors (Lipinski definition) is 5. The molecular weight excluding hydrogens is 402 g/mol. The minimum absolute atomic E-state index is 0.241. The molecule has 0 unspecified atom stereocenters. The zero-order valence-corrected chi connectivity index (χ0v) is 16.9. The Morgan fingerprint density at radius 2 is 1.88 bits per heavy atom. The van der Waals surface area contributed by atoms with Crippen molar-refractivity contribution in [2.24, 2.45) is 0 Å². The van der Waals surface area contributed by atoms with E-state index in [1.165, 1.54) is 4.57 Å². The van der Waals surface area contributed by atoms with Gasteiger partial charge in [-0.2, -0.15) is 5.26 Å². The van der Waals surface area contributed by atoms with E-state index in [9.17, 15) is 10.1 Å². The molecule has 32 heavy (non-hydrogen) atoms.